The van der Waals surface area contributed by atoms with Crippen molar-refractivity contribution in [1.29, 1.82) is 0 Å². The third-order valence-corrected chi connectivity index (χ3v) is 4.10. The minimum absolute atomic E-state index is 0.269. The predicted octanol–water partition coefficient (Wildman–Crippen LogP) is 2.58. The summed E-state index contributed by atoms with van der Waals surface area (Å²) in [7, 11) is -1.70. The highest BCUT2D eigenvalue weighted by atomic mass is 32.2. The number of sulfone groups is 1. The van der Waals surface area contributed by atoms with Gasteiger partial charge in [0, 0.05) is 6.26 Å². The zero-order valence-electron chi connectivity index (χ0n) is 11.2. The third kappa shape index (κ3) is 2.88. The molecule has 0 aliphatic carbocycles. The first-order valence-electron chi connectivity index (χ1n) is 5.89. The van der Waals surface area contributed by atoms with Gasteiger partial charge in [0.1, 0.15) is 5.75 Å². The van der Waals surface area contributed by atoms with Crippen LogP contribution in [-0.2, 0) is 9.84 Å². The number of aldehydes is 1. The molecule has 0 spiro atoms. The van der Waals surface area contributed by atoms with Gasteiger partial charge in [-0.3, -0.25) is 4.79 Å². The number of ether oxygens (including phenoxy) is 1. The molecule has 0 saturated heterocycles. The molecule has 0 radical (unpaired) electrons. The van der Waals surface area contributed by atoms with E-state index < -0.39 is 9.84 Å². The molecule has 4 nitrogen and oxygen atoms in total. The highest BCUT2D eigenvalue weighted by Gasteiger charge is 2.08. The van der Waals surface area contributed by atoms with Crippen LogP contribution in [0.25, 0.3) is 11.1 Å². The summed E-state index contributed by atoms with van der Waals surface area (Å²) in [5, 5.41) is 0. The number of rotatable bonds is 4. The van der Waals surface area contributed by atoms with E-state index in [-0.39, 0.29) is 4.90 Å². The van der Waals surface area contributed by atoms with Crippen molar-refractivity contribution in [2.45, 2.75) is 4.90 Å². The molecule has 5 heteroatoms. The van der Waals surface area contributed by atoms with Crippen LogP contribution in [0.1, 0.15) is 10.4 Å². The molecule has 104 valence electrons. The van der Waals surface area contributed by atoms with E-state index >= 15 is 0 Å². The minimum Gasteiger partial charge on any atom is -0.496 e. The first-order valence-corrected chi connectivity index (χ1v) is 7.78. The number of hydrogen-bond acceptors (Lipinski definition) is 4. The number of carbonyl (C=O) groups is 1. The summed E-state index contributed by atoms with van der Waals surface area (Å²) >= 11 is 0. The van der Waals surface area contributed by atoms with Gasteiger partial charge in [0.25, 0.3) is 0 Å². The summed E-state index contributed by atoms with van der Waals surface area (Å²) in [6.45, 7) is 0. The van der Waals surface area contributed by atoms with Gasteiger partial charge in [0.15, 0.2) is 16.1 Å². The first-order chi connectivity index (χ1) is 9.45. The number of carbonyl (C=O) groups excluding carboxylic acids is 1. The maximum Gasteiger partial charge on any atom is 0.175 e. The minimum atomic E-state index is -3.20. The van der Waals surface area contributed by atoms with Crippen molar-refractivity contribution in [3.63, 3.8) is 0 Å². The lowest BCUT2D eigenvalue weighted by atomic mass is 10.0. The normalized spacial score (nSPS) is 11.1. The third-order valence-electron chi connectivity index (χ3n) is 2.97. The van der Waals surface area contributed by atoms with E-state index in [0.717, 1.165) is 17.4 Å². The van der Waals surface area contributed by atoms with Gasteiger partial charge >= 0.3 is 0 Å². The second kappa shape index (κ2) is 5.46. The van der Waals surface area contributed by atoms with E-state index in [1.54, 1.807) is 36.4 Å². The predicted molar refractivity (Wildman–Crippen MR) is 76.9 cm³/mol. The quantitative estimate of drug-likeness (QED) is 0.812. The smallest absolute Gasteiger partial charge is 0.175 e. The van der Waals surface area contributed by atoms with Crippen LogP contribution in [0, 0.1) is 0 Å². The highest BCUT2D eigenvalue weighted by molar-refractivity contribution is 7.90. The maximum atomic E-state index is 11.4. The Balaban J connectivity index is 2.44. The summed E-state index contributed by atoms with van der Waals surface area (Å²) in [5.74, 6) is 0.511. The molecule has 0 N–H and O–H groups in total. The Bertz CT molecular complexity index is 731. The van der Waals surface area contributed by atoms with Gasteiger partial charge in [-0.15, -0.1) is 0 Å². The van der Waals surface area contributed by atoms with Crippen LogP contribution >= 0.6 is 0 Å². The zero-order chi connectivity index (χ0) is 14.8. The monoisotopic (exact) mass is 290 g/mol. The topological polar surface area (TPSA) is 60.4 Å². The maximum absolute atomic E-state index is 11.4. The highest BCUT2D eigenvalue weighted by Crippen LogP contribution is 2.26. The molecule has 0 aliphatic heterocycles. The fourth-order valence-corrected chi connectivity index (χ4v) is 2.53. The summed E-state index contributed by atoms with van der Waals surface area (Å²) < 4.78 is 27.9. The summed E-state index contributed by atoms with van der Waals surface area (Å²) in [4.78, 5) is 11.3. The van der Waals surface area contributed by atoms with E-state index in [4.69, 9.17) is 4.74 Å². The van der Waals surface area contributed by atoms with Gasteiger partial charge in [-0.05, 0) is 35.4 Å². The molecular formula is C15H14O4S. The Morgan fingerprint density at radius 2 is 1.60 bits per heavy atom. The van der Waals surface area contributed by atoms with Crippen LogP contribution in [0.15, 0.2) is 47.4 Å². The Hall–Kier alpha value is -2.14. The van der Waals surface area contributed by atoms with E-state index in [1.165, 1.54) is 13.4 Å². The van der Waals surface area contributed by atoms with Crippen LogP contribution in [0.3, 0.4) is 0 Å². The van der Waals surface area contributed by atoms with Crippen molar-refractivity contribution in [3.8, 4) is 16.9 Å². The van der Waals surface area contributed by atoms with Crippen LogP contribution in [-0.4, -0.2) is 28.1 Å². The van der Waals surface area contributed by atoms with Gasteiger partial charge in [-0.2, -0.15) is 0 Å². The number of benzene rings is 2. The average Bonchev–Trinajstić information content (AvgIpc) is 2.45. The molecule has 0 unspecified atom stereocenters. The van der Waals surface area contributed by atoms with Gasteiger partial charge in [0.2, 0.25) is 0 Å². The van der Waals surface area contributed by atoms with E-state index in [9.17, 15) is 13.2 Å². The zero-order valence-corrected chi connectivity index (χ0v) is 12.0. The second-order valence-electron chi connectivity index (χ2n) is 4.37. The molecule has 2 aromatic carbocycles. The summed E-state index contributed by atoms with van der Waals surface area (Å²) in [6.07, 6.45) is 1.90. The fourth-order valence-electron chi connectivity index (χ4n) is 1.90. The van der Waals surface area contributed by atoms with E-state index in [0.29, 0.717) is 11.3 Å². The summed E-state index contributed by atoms with van der Waals surface area (Å²) in [5.41, 5.74) is 2.12. The lowest BCUT2D eigenvalue weighted by molar-refractivity contribution is 0.112. The Morgan fingerprint density at radius 3 is 2.10 bits per heavy atom. The van der Waals surface area contributed by atoms with Crippen LogP contribution in [0.5, 0.6) is 5.75 Å². The van der Waals surface area contributed by atoms with Gasteiger partial charge < -0.3 is 4.74 Å². The molecule has 0 saturated carbocycles. The first kappa shape index (κ1) is 14.3. The van der Waals surface area contributed by atoms with Crippen molar-refractivity contribution in [2.75, 3.05) is 13.4 Å². The number of methoxy groups -OCH3 is 1. The molecule has 0 atom stereocenters. The molecule has 0 heterocycles. The van der Waals surface area contributed by atoms with Crippen molar-refractivity contribution in [3.05, 3.63) is 48.0 Å². The van der Waals surface area contributed by atoms with Gasteiger partial charge in [-0.25, -0.2) is 8.42 Å². The number of hydrogen-bond donors (Lipinski definition) is 0. The van der Waals surface area contributed by atoms with Crippen LogP contribution < -0.4 is 4.74 Å². The van der Waals surface area contributed by atoms with Crippen molar-refractivity contribution in [1.82, 2.24) is 0 Å². The average molecular weight is 290 g/mol. The SMILES string of the molecule is COc1ccc(-c2ccc(S(C)(=O)=O)cc2)cc1C=O. The van der Waals surface area contributed by atoms with E-state index in [1.807, 2.05) is 6.07 Å². The molecule has 2 rings (SSSR count). The molecule has 20 heavy (non-hydrogen) atoms. The van der Waals surface area contributed by atoms with Crippen LogP contribution in [0.4, 0.5) is 0 Å². The Labute approximate surface area is 117 Å². The molecule has 0 aliphatic rings. The fraction of sp³-hybridized carbons (Fsp3) is 0.133. The van der Waals surface area contributed by atoms with Gasteiger partial charge in [-0.1, -0.05) is 18.2 Å². The Kier molecular flexibility index (Phi) is 3.90. The molecule has 0 amide bonds. The largest absolute Gasteiger partial charge is 0.496 e. The molecule has 0 aromatic heterocycles. The lowest BCUT2D eigenvalue weighted by Gasteiger charge is -2.07. The second-order valence-corrected chi connectivity index (χ2v) is 6.39. The molecule has 0 fully saturated rings. The standard InChI is InChI=1S/C15H14O4S/c1-19-15-8-5-12(9-13(15)10-16)11-3-6-14(7-4-11)20(2,17)18/h3-10H,1-2H3. The van der Waals surface area contributed by atoms with E-state index in [2.05, 4.69) is 0 Å². The van der Waals surface area contributed by atoms with Crippen LogP contribution in [0.2, 0.25) is 0 Å². The Morgan fingerprint density at radius 1 is 1.00 bits per heavy atom. The van der Waals surface area contributed by atoms with Crippen molar-refractivity contribution >= 4 is 16.1 Å². The molecule has 2 aromatic rings. The van der Waals surface area contributed by atoms with Crippen molar-refractivity contribution in [2.24, 2.45) is 0 Å². The summed E-state index contributed by atoms with van der Waals surface area (Å²) in [6, 6.07) is 11.8. The van der Waals surface area contributed by atoms with Gasteiger partial charge in [0.05, 0.1) is 17.6 Å². The molecule has 0 bridgehead atoms. The lowest BCUT2D eigenvalue weighted by Crippen LogP contribution is -1.96. The molecular weight excluding hydrogens is 276 g/mol. The van der Waals surface area contributed by atoms with Crippen molar-refractivity contribution < 1.29 is 17.9 Å².